The molecule has 2 aromatic heterocycles. The van der Waals surface area contributed by atoms with Crippen LogP contribution in [0, 0.1) is 0 Å². The van der Waals surface area contributed by atoms with Crippen LogP contribution < -0.4 is 11.1 Å². The van der Waals surface area contributed by atoms with Gasteiger partial charge in [0.1, 0.15) is 5.82 Å². The SMILES string of the molecule is Nc1nc(Nc2ccccn2)nc(-c2ccccc2)n1. The molecule has 3 N–H and O–H groups in total. The van der Waals surface area contributed by atoms with E-state index in [1.165, 1.54) is 0 Å². The van der Waals surface area contributed by atoms with E-state index in [0.29, 0.717) is 17.6 Å². The van der Waals surface area contributed by atoms with E-state index in [0.717, 1.165) is 5.56 Å². The minimum absolute atomic E-state index is 0.164. The van der Waals surface area contributed by atoms with Crippen molar-refractivity contribution in [2.45, 2.75) is 0 Å². The zero-order valence-corrected chi connectivity index (χ0v) is 10.6. The third-order valence-electron chi connectivity index (χ3n) is 2.59. The zero-order chi connectivity index (χ0) is 13.8. The summed E-state index contributed by atoms with van der Waals surface area (Å²) in [5.74, 6) is 1.71. The van der Waals surface area contributed by atoms with Crippen LogP contribution in [0.4, 0.5) is 17.7 Å². The van der Waals surface area contributed by atoms with Crippen molar-refractivity contribution < 1.29 is 0 Å². The second-order valence-corrected chi connectivity index (χ2v) is 4.05. The summed E-state index contributed by atoms with van der Waals surface area (Å²) in [5, 5.41) is 3.00. The minimum atomic E-state index is 0.164. The first kappa shape index (κ1) is 12.0. The lowest BCUT2D eigenvalue weighted by Crippen LogP contribution is -2.05. The maximum atomic E-state index is 5.73. The summed E-state index contributed by atoms with van der Waals surface area (Å²) in [6.45, 7) is 0. The van der Waals surface area contributed by atoms with Crippen LogP contribution in [0.25, 0.3) is 11.4 Å². The molecule has 6 nitrogen and oxygen atoms in total. The molecule has 3 aromatic rings. The zero-order valence-electron chi connectivity index (χ0n) is 10.6. The molecule has 0 aliphatic heterocycles. The molecular formula is C14H12N6. The van der Waals surface area contributed by atoms with Gasteiger partial charge < -0.3 is 11.1 Å². The van der Waals surface area contributed by atoms with Gasteiger partial charge in [-0.2, -0.15) is 15.0 Å². The number of pyridine rings is 1. The maximum absolute atomic E-state index is 5.73. The van der Waals surface area contributed by atoms with E-state index in [1.54, 1.807) is 6.20 Å². The van der Waals surface area contributed by atoms with E-state index in [9.17, 15) is 0 Å². The van der Waals surface area contributed by atoms with Crippen LogP contribution in [0.5, 0.6) is 0 Å². The summed E-state index contributed by atoms with van der Waals surface area (Å²) in [4.78, 5) is 16.7. The molecule has 0 bridgehead atoms. The topological polar surface area (TPSA) is 89.6 Å². The minimum Gasteiger partial charge on any atom is -0.368 e. The Bertz CT molecular complexity index is 699. The molecule has 2 heterocycles. The van der Waals surface area contributed by atoms with Gasteiger partial charge in [0.05, 0.1) is 0 Å². The molecule has 0 amide bonds. The van der Waals surface area contributed by atoms with Crippen LogP contribution in [0.1, 0.15) is 0 Å². The highest BCUT2D eigenvalue weighted by Gasteiger charge is 2.06. The van der Waals surface area contributed by atoms with Gasteiger partial charge in [-0.3, -0.25) is 0 Å². The van der Waals surface area contributed by atoms with Crippen LogP contribution >= 0.6 is 0 Å². The van der Waals surface area contributed by atoms with E-state index in [-0.39, 0.29) is 5.95 Å². The summed E-state index contributed by atoms with van der Waals surface area (Å²) in [7, 11) is 0. The first-order valence-corrected chi connectivity index (χ1v) is 6.06. The quantitative estimate of drug-likeness (QED) is 0.754. The van der Waals surface area contributed by atoms with Gasteiger partial charge in [0.25, 0.3) is 0 Å². The Labute approximate surface area is 115 Å². The van der Waals surface area contributed by atoms with E-state index in [4.69, 9.17) is 5.73 Å². The van der Waals surface area contributed by atoms with Crippen molar-refractivity contribution in [3.8, 4) is 11.4 Å². The number of nitrogens with two attached hydrogens (primary N) is 1. The second-order valence-electron chi connectivity index (χ2n) is 4.05. The van der Waals surface area contributed by atoms with Crippen molar-refractivity contribution in [2.24, 2.45) is 0 Å². The molecule has 98 valence electrons. The van der Waals surface area contributed by atoms with Crippen molar-refractivity contribution in [2.75, 3.05) is 11.1 Å². The highest BCUT2D eigenvalue weighted by molar-refractivity contribution is 5.59. The molecule has 0 atom stereocenters. The fourth-order valence-corrected chi connectivity index (χ4v) is 1.72. The van der Waals surface area contributed by atoms with Gasteiger partial charge in [-0.05, 0) is 12.1 Å². The van der Waals surface area contributed by atoms with Crippen LogP contribution in [-0.2, 0) is 0 Å². The molecule has 3 rings (SSSR count). The Morgan fingerprint density at radius 1 is 0.850 bits per heavy atom. The molecule has 6 heteroatoms. The molecule has 0 radical (unpaired) electrons. The van der Waals surface area contributed by atoms with Crippen molar-refractivity contribution in [3.63, 3.8) is 0 Å². The maximum Gasteiger partial charge on any atom is 0.233 e. The molecule has 1 aromatic carbocycles. The molecule has 0 aliphatic rings. The third-order valence-corrected chi connectivity index (χ3v) is 2.59. The highest BCUT2D eigenvalue weighted by atomic mass is 15.2. The van der Waals surface area contributed by atoms with Crippen molar-refractivity contribution in [3.05, 3.63) is 54.7 Å². The fourth-order valence-electron chi connectivity index (χ4n) is 1.72. The normalized spacial score (nSPS) is 10.2. The summed E-state index contributed by atoms with van der Waals surface area (Å²) in [6.07, 6.45) is 1.69. The summed E-state index contributed by atoms with van der Waals surface area (Å²) >= 11 is 0. The van der Waals surface area contributed by atoms with Gasteiger partial charge in [-0.1, -0.05) is 36.4 Å². The Morgan fingerprint density at radius 3 is 2.40 bits per heavy atom. The van der Waals surface area contributed by atoms with Gasteiger partial charge >= 0.3 is 0 Å². The molecule has 0 unspecified atom stereocenters. The number of aromatic nitrogens is 4. The molecule has 0 spiro atoms. The fraction of sp³-hybridized carbons (Fsp3) is 0. The Morgan fingerprint density at radius 2 is 1.65 bits per heavy atom. The third kappa shape index (κ3) is 2.69. The summed E-state index contributed by atoms with van der Waals surface area (Å²) < 4.78 is 0. The molecule has 0 aliphatic carbocycles. The number of nitrogen functional groups attached to an aromatic ring is 1. The van der Waals surface area contributed by atoms with Crippen LogP contribution in [0.3, 0.4) is 0 Å². The van der Waals surface area contributed by atoms with E-state index >= 15 is 0 Å². The van der Waals surface area contributed by atoms with Crippen LogP contribution in [0.2, 0.25) is 0 Å². The summed E-state index contributed by atoms with van der Waals surface area (Å²) in [5.41, 5.74) is 6.61. The van der Waals surface area contributed by atoms with Gasteiger partial charge in [-0.25, -0.2) is 4.98 Å². The molecule has 0 fully saturated rings. The first-order valence-electron chi connectivity index (χ1n) is 6.06. The molecule has 20 heavy (non-hydrogen) atoms. The van der Waals surface area contributed by atoms with E-state index in [2.05, 4.69) is 25.3 Å². The van der Waals surface area contributed by atoms with E-state index in [1.807, 2.05) is 48.5 Å². The standard InChI is InChI=1S/C14H12N6/c15-13-18-12(10-6-2-1-3-7-10)19-14(20-13)17-11-8-4-5-9-16-11/h1-9H,(H3,15,16,17,18,19,20). The lowest BCUT2D eigenvalue weighted by Gasteiger charge is -2.06. The monoisotopic (exact) mass is 264 g/mol. The largest absolute Gasteiger partial charge is 0.368 e. The Balaban J connectivity index is 1.95. The number of hydrogen-bond donors (Lipinski definition) is 2. The lowest BCUT2D eigenvalue weighted by molar-refractivity contribution is 1.07. The predicted octanol–water partition coefficient (Wildman–Crippen LogP) is 2.26. The van der Waals surface area contributed by atoms with Gasteiger partial charge in [0, 0.05) is 11.8 Å². The predicted molar refractivity (Wildman–Crippen MR) is 77.2 cm³/mol. The van der Waals surface area contributed by atoms with Crippen molar-refractivity contribution >= 4 is 17.7 Å². The first-order chi connectivity index (χ1) is 9.81. The van der Waals surface area contributed by atoms with Crippen molar-refractivity contribution in [1.29, 1.82) is 0 Å². The number of rotatable bonds is 3. The van der Waals surface area contributed by atoms with Crippen LogP contribution in [0.15, 0.2) is 54.7 Å². The Hall–Kier alpha value is -3.02. The summed E-state index contributed by atoms with van der Waals surface area (Å²) in [6, 6.07) is 15.1. The lowest BCUT2D eigenvalue weighted by atomic mass is 10.2. The number of nitrogens with zero attached hydrogens (tertiary/aromatic N) is 4. The highest BCUT2D eigenvalue weighted by Crippen LogP contribution is 2.17. The molecule has 0 saturated heterocycles. The smallest absolute Gasteiger partial charge is 0.233 e. The average molecular weight is 264 g/mol. The molecule has 0 saturated carbocycles. The number of benzene rings is 1. The average Bonchev–Trinajstić information content (AvgIpc) is 2.49. The van der Waals surface area contributed by atoms with Crippen LogP contribution in [-0.4, -0.2) is 19.9 Å². The van der Waals surface area contributed by atoms with Crippen molar-refractivity contribution in [1.82, 2.24) is 19.9 Å². The second kappa shape index (κ2) is 5.31. The van der Waals surface area contributed by atoms with Gasteiger partial charge in [-0.15, -0.1) is 0 Å². The van der Waals surface area contributed by atoms with Gasteiger partial charge in [0.15, 0.2) is 5.82 Å². The molecular weight excluding hydrogens is 252 g/mol. The Kier molecular flexibility index (Phi) is 3.20. The number of hydrogen-bond acceptors (Lipinski definition) is 6. The number of nitrogens with one attached hydrogen (secondary N) is 1. The van der Waals surface area contributed by atoms with E-state index < -0.39 is 0 Å². The number of anilines is 3. The van der Waals surface area contributed by atoms with Gasteiger partial charge in [0.2, 0.25) is 11.9 Å².